The molecule has 0 bridgehead atoms. The molecule has 0 saturated heterocycles. The maximum absolute atomic E-state index is 12.8. The summed E-state index contributed by atoms with van der Waals surface area (Å²) in [5.74, 6) is -0.650. The fourth-order valence-corrected chi connectivity index (χ4v) is 2.60. The molecule has 0 aliphatic rings. The molecular formula is C14H13F3N2OS. The Bertz CT molecular complexity index is 650. The van der Waals surface area contributed by atoms with E-state index in [1.807, 2.05) is 26.0 Å². The average molecular weight is 314 g/mol. The number of thiazole rings is 1. The topological polar surface area (TPSA) is 42.0 Å². The third kappa shape index (κ3) is 3.41. The number of nitrogens with one attached hydrogen (secondary N) is 1. The van der Waals surface area contributed by atoms with Gasteiger partial charge in [0.05, 0.1) is 5.51 Å². The van der Waals surface area contributed by atoms with Crippen molar-refractivity contribution in [3.8, 4) is 0 Å². The molecule has 1 aromatic carbocycles. The first-order valence-electron chi connectivity index (χ1n) is 6.21. The Labute approximate surface area is 123 Å². The van der Waals surface area contributed by atoms with Crippen molar-refractivity contribution in [3.05, 3.63) is 45.9 Å². The van der Waals surface area contributed by atoms with Crippen molar-refractivity contribution in [2.75, 3.05) is 5.32 Å². The van der Waals surface area contributed by atoms with Crippen LogP contribution in [0.5, 0.6) is 0 Å². The fraction of sp³-hybridized carbons (Fsp3) is 0.286. The Kier molecular flexibility index (Phi) is 4.32. The number of para-hydroxylation sites is 1. The normalized spacial score (nSPS) is 11.7. The highest BCUT2D eigenvalue weighted by Gasteiger charge is 2.38. The van der Waals surface area contributed by atoms with Gasteiger partial charge in [-0.05, 0) is 17.5 Å². The lowest BCUT2D eigenvalue weighted by molar-refractivity contribution is -0.141. The molecule has 0 aliphatic carbocycles. The fourth-order valence-electron chi connectivity index (χ4n) is 1.90. The van der Waals surface area contributed by atoms with Gasteiger partial charge in [0.25, 0.3) is 5.91 Å². The number of rotatable bonds is 3. The van der Waals surface area contributed by atoms with E-state index in [1.54, 1.807) is 12.1 Å². The van der Waals surface area contributed by atoms with Gasteiger partial charge in [-0.2, -0.15) is 13.2 Å². The minimum Gasteiger partial charge on any atom is -0.321 e. The van der Waals surface area contributed by atoms with Crippen molar-refractivity contribution in [3.63, 3.8) is 0 Å². The van der Waals surface area contributed by atoms with E-state index in [1.165, 1.54) is 0 Å². The molecule has 2 aromatic rings. The molecule has 0 aliphatic heterocycles. The van der Waals surface area contributed by atoms with E-state index in [2.05, 4.69) is 10.3 Å². The Morgan fingerprint density at radius 2 is 1.95 bits per heavy atom. The van der Waals surface area contributed by atoms with Crippen LogP contribution in [0, 0.1) is 0 Å². The van der Waals surface area contributed by atoms with Crippen LogP contribution in [-0.2, 0) is 6.18 Å². The van der Waals surface area contributed by atoms with Gasteiger partial charge in [0.2, 0.25) is 0 Å². The van der Waals surface area contributed by atoms with Crippen molar-refractivity contribution in [1.82, 2.24) is 4.98 Å². The van der Waals surface area contributed by atoms with Gasteiger partial charge in [-0.1, -0.05) is 32.0 Å². The summed E-state index contributed by atoms with van der Waals surface area (Å²) in [6, 6.07) is 7.04. The van der Waals surface area contributed by atoms with Crippen molar-refractivity contribution >= 4 is 22.9 Å². The molecule has 1 N–H and O–H groups in total. The molecule has 0 saturated carbocycles. The number of aromatic nitrogens is 1. The molecule has 2 rings (SSSR count). The molecule has 7 heteroatoms. The van der Waals surface area contributed by atoms with Crippen LogP contribution in [0.4, 0.5) is 18.9 Å². The summed E-state index contributed by atoms with van der Waals surface area (Å²) in [7, 11) is 0. The Morgan fingerprint density at radius 1 is 1.29 bits per heavy atom. The molecular weight excluding hydrogens is 301 g/mol. The second-order valence-corrected chi connectivity index (χ2v) is 5.58. The zero-order valence-corrected chi connectivity index (χ0v) is 12.2. The van der Waals surface area contributed by atoms with Crippen LogP contribution in [0.25, 0.3) is 0 Å². The Hall–Kier alpha value is -1.89. The van der Waals surface area contributed by atoms with Crippen molar-refractivity contribution < 1.29 is 18.0 Å². The minimum absolute atomic E-state index is 0.144. The average Bonchev–Trinajstić information content (AvgIpc) is 2.88. The Balaban J connectivity index is 2.30. The molecule has 0 spiro atoms. The Morgan fingerprint density at radius 3 is 2.57 bits per heavy atom. The molecule has 112 valence electrons. The van der Waals surface area contributed by atoms with Crippen molar-refractivity contribution in [2.24, 2.45) is 0 Å². The largest absolute Gasteiger partial charge is 0.434 e. The van der Waals surface area contributed by atoms with Crippen LogP contribution in [0.1, 0.15) is 40.7 Å². The first kappa shape index (κ1) is 15.5. The second kappa shape index (κ2) is 5.85. The molecule has 1 aromatic heterocycles. The molecule has 0 atom stereocenters. The zero-order chi connectivity index (χ0) is 15.6. The van der Waals surface area contributed by atoms with Gasteiger partial charge < -0.3 is 5.32 Å². The van der Waals surface area contributed by atoms with Gasteiger partial charge in [-0.25, -0.2) is 4.98 Å². The molecule has 1 heterocycles. The van der Waals surface area contributed by atoms with Gasteiger partial charge in [-0.15, -0.1) is 11.3 Å². The maximum atomic E-state index is 12.8. The monoisotopic (exact) mass is 314 g/mol. The zero-order valence-electron chi connectivity index (χ0n) is 11.4. The lowest BCUT2D eigenvalue weighted by atomic mass is 10.0. The lowest BCUT2D eigenvalue weighted by Gasteiger charge is -2.13. The van der Waals surface area contributed by atoms with Gasteiger partial charge in [0.15, 0.2) is 5.69 Å². The quantitative estimate of drug-likeness (QED) is 0.904. The number of hydrogen-bond donors (Lipinski definition) is 1. The number of anilines is 1. The standard InChI is InChI=1S/C14H13F3N2OS/c1-8(2)9-5-3-4-6-10(9)19-13(20)11-12(14(15,16)17)18-7-21-11/h3-8H,1-2H3,(H,19,20). The number of carbonyl (C=O) groups is 1. The number of halogens is 3. The molecule has 0 fully saturated rings. The number of benzene rings is 1. The second-order valence-electron chi connectivity index (χ2n) is 4.72. The first-order chi connectivity index (χ1) is 9.80. The lowest BCUT2D eigenvalue weighted by Crippen LogP contribution is -2.18. The van der Waals surface area contributed by atoms with E-state index in [-0.39, 0.29) is 5.92 Å². The summed E-state index contributed by atoms with van der Waals surface area (Å²) in [6.45, 7) is 3.89. The highest BCUT2D eigenvalue weighted by Crippen LogP contribution is 2.33. The van der Waals surface area contributed by atoms with Gasteiger partial charge in [0, 0.05) is 5.69 Å². The number of amides is 1. The van der Waals surface area contributed by atoms with Gasteiger partial charge >= 0.3 is 6.18 Å². The molecule has 1 amide bonds. The van der Waals surface area contributed by atoms with Crippen LogP contribution in [0.3, 0.4) is 0 Å². The molecule has 3 nitrogen and oxygen atoms in total. The van der Waals surface area contributed by atoms with Crippen LogP contribution in [0.2, 0.25) is 0 Å². The summed E-state index contributed by atoms with van der Waals surface area (Å²) in [4.78, 5) is 14.9. The van der Waals surface area contributed by atoms with E-state index in [4.69, 9.17) is 0 Å². The van der Waals surface area contributed by atoms with E-state index in [0.29, 0.717) is 17.0 Å². The highest BCUT2D eigenvalue weighted by atomic mass is 32.1. The number of carbonyl (C=O) groups excluding carboxylic acids is 1. The van der Waals surface area contributed by atoms with Crippen LogP contribution in [-0.4, -0.2) is 10.9 Å². The smallest absolute Gasteiger partial charge is 0.321 e. The van der Waals surface area contributed by atoms with Crippen LogP contribution < -0.4 is 5.32 Å². The number of alkyl halides is 3. The van der Waals surface area contributed by atoms with Gasteiger partial charge in [-0.3, -0.25) is 4.79 Å². The summed E-state index contributed by atoms with van der Waals surface area (Å²) in [5.41, 5.74) is 1.25. The third-order valence-electron chi connectivity index (χ3n) is 2.87. The summed E-state index contributed by atoms with van der Waals surface area (Å²) >= 11 is 0.675. The molecule has 21 heavy (non-hydrogen) atoms. The van der Waals surface area contributed by atoms with Crippen LogP contribution >= 0.6 is 11.3 Å². The SMILES string of the molecule is CC(C)c1ccccc1NC(=O)c1scnc1C(F)(F)F. The summed E-state index contributed by atoms with van der Waals surface area (Å²) in [6.07, 6.45) is -4.63. The van der Waals surface area contributed by atoms with E-state index in [0.717, 1.165) is 11.1 Å². The van der Waals surface area contributed by atoms with E-state index < -0.39 is 22.7 Å². The van der Waals surface area contributed by atoms with Crippen LogP contribution in [0.15, 0.2) is 29.8 Å². The number of nitrogens with zero attached hydrogens (tertiary/aromatic N) is 1. The predicted molar refractivity (Wildman–Crippen MR) is 75.6 cm³/mol. The third-order valence-corrected chi connectivity index (χ3v) is 3.70. The molecule has 0 unspecified atom stereocenters. The van der Waals surface area contributed by atoms with Crippen molar-refractivity contribution in [1.29, 1.82) is 0 Å². The highest BCUT2D eigenvalue weighted by molar-refractivity contribution is 7.12. The molecule has 0 radical (unpaired) electrons. The number of hydrogen-bond acceptors (Lipinski definition) is 3. The first-order valence-corrected chi connectivity index (χ1v) is 7.09. The van der Waals surface area contributed by atoms with Gasteiger partial charge in [0.1, 0.15) is 4.88 Å². The summed E-state index contributed by atoms with van der Waals surface area (Å²) in [5, 5.41) is 2.54. The minimum atomic E-state index is -4.63. The predicted octanol–water partition coefficient (Wildman–Crippen LogP) is 4.54. The van der Waals surface area contributed by atoms with E-state index >= 15 is 0 Å². The maximum Gasteiger partial charge on any atom is 0.434 e. The summed E-state index contributed by atoms with van der Waals surface area (Å²) < 4.78 is 38.3. The van der Waals surface area contributed by atoms with E-state index in [9.17, 15) is 18.0 Å². The van der Waals surface area contributed by atoms with Crippen molar-refractivity contribution in [2.45, 2.75) is 25.9 Å².